The highest BCUT2D eigenvalue weighted by Gasteiger charge is 2.24. The molecule has 1 saturated heterocycles. The maximum absolute atomic E-state index is 11.6. The van der Waals surface area contributed by atoms with Crippen molar-refractivity contribution in [3.05, 3.63) is 39.7 Å². The topological polar surface area (TPSA) is 50.4 Å². The Morgan fingerprint density at radius 2 is 2.24 bits per heavy atom. The van der Waals surface area contributed by atoms with Crippen molar-refractivity contribution in [2.45, 2.75) is 18.6 Å². The van der Waals surface area contributed by atoms with Gasteiger partial charge in [0, 0.05) is 22.3 Å². The van der Waals surface area contributed by atoms with E-state index >= 15 is 0 Å². The van der Waals surface area contributed by atoms with Crippen LogP contribution < -0.4 is 5.63 Å². The summed E-state index contributed by atoms with van der Waals surface area (Å²) in [6, 6.07) is 5.06. The summed E-state index contributed by atoms with van der Waals surface area (Å²) in [5.74, 6) is 1.31. The smallest absolute Gasteiger partial charge is 0.336 e. The molecular weight excluding hydrogens is 236 g/mol. The molecule has 1 N–H and O–H groups in total. The fourth-order valence-electron chi connectivity index (χ4n) is 2.12. The van der Waals surface area contributed by atoms with E-state index in [1.165, 1.54) is 0 Å². The Labute approximate surface area is 102 Å². The Hall–Kier alpha value is -1.42. The third-order valence-electron chi connectivity index (χ3n) is 3.21. The number of hydrogen-bond acceptors (Lipinski definition) is 4. The summed E-state index contributed by atoms with van der Waals surface area (Å²) >= 11 is 1.85. The first-order valence-electron chi connectivity index (χ1n) is 5.55. The molecule has 0 saturated carbocycles. The monoisotopic (exact) mass is 248 g/mol. The molecule has 1 atom stereocenters. The van der Waals surface area contributed by atoms with Crippen LogP contribution in [0.3, 0.4) is 0 Å². The molecule has 17 heavy (non-hydrogen) atoms. The molecule has 88 valence electrons. The predicted octanol–water partition coefficient (Wildman–Crippen LogP) is 2.99. The van der Waals surface area contributed by atoms with Crippen molar-refractivity contribution in [1.82, 2.24) is 0 Å². The minimum absolute atomic E-state index is 0.166. The van der Waals surface area contributed by atoms with Gasteiger partial charge in [0.05, 0.1) is 0 Å². The molecule has 1 aromatic carbocycles. The van der Waals surface area contributed by atoms with Crippen LogP contribution >= 0.6 is 11.8 Å². The quantitative estimate of drug-likeness (QED) is 0.788. The van der Waals surface area contributed by atoms with Crippen LogP contribution in [-0.4, -0.2) is 10.9 Å². The number of thioether (sulfide) groups is 1. The van der Waals surface area contributed by atoms with Crippen LogP contribution in [0.15, 0.2) is 27.4 Å². The molecule has 3 nitrogen and oxygen atoms in total. The van der Waals surface area contributed by atoms with Crippen LogP contribution in [0, 0.1) is 6.92 Å². The van der Waals surface area contributed by atoms with Crippen LogP contribution in [-0.2, 0) is 0 Å². The molecule has 0 amide bonds. The number of rotatable bonds is 1. The van der Waals surface area contributed by atoms with Gasteiger partial charge in [0.2, 0.25) is 0 Å². The molecule has 3 rings (SSSR count). The lowest BCUT2D eigenvalue weighted by Crippen LogP contribution is -2.11. The second-order valence-electron chi connectivity index (χ2n) is 4.26. The molecule has 0 spiro atoms. The van der Waals surface area contributed by atoms with Crippen molar-refractivity contribution in [1.29, 1.82) is 0 Å². The van der Waals surface area contributed by atoms with Crippen LogP contribution in [0.2, 0.25) is 0 Å². The number of aromatic hydroxyl groups is 1. The zero-order chi connectivity index (χ0) is 12.0. The highest BCUT2D eigenvalue weighted by atomic mass is 32.2. The van der Waals surface area contributed by atoms with Crippen molar-refractivity contribution in [3.63, 3.8) is 0 Å². The summed E-state index contributed by atoms with van der Waals surface area (Å²) in [4.78, 5) is 11.6. The third kappa shape index (κ3) is 1.63. The van der Waals surface area contributed by atoms with Gasteiger partial charge in [0.25, 0.3) is 0 Å². The number of hydrogen-bond donors (Lipinski definition) is 1. The van der Waals surface area contributed by atoms with E-state index in [1.54, 1.807) is 19.1 Å². The van der Waals surface area contributed by atoms with Gasteiger partial charge in [-0.3, -0.25) is 0 Å². The number of fused-ring (bicyclic) bond motifs is 1. The average molecular weight is 248 g/mol. The van der Waals surface area contributed by atoms with E-state index < -0.39 is 0 Å². The van der Waals surface area contributed by atoms with Gasteiger partial charge in [0.1, 0.15) is 11.3 Å². The summed E-state index contributed by atoms with van der Waals surface area (Å²) in [7, 11) is 0. The third-order valence-corrected chi connectivity index (χ3v) is 4.57. The molecule has 1 unspecified atom stereocenters. The van der Waals surface area contributed by atoms with E-state index in [0.717, 1.165) is 23.1 Å². The number of phenols is 1. The fourth-order valence-corrected chi connectivity index (χ4v) is 2.97. The molecule has 2 aromatic rings. The lowest BCUT2D eigenvalue weighted by Gasteiger charge is -2.26. The maximum atomic E-state index is 11.6. The van der Waals surface area contributed by atoms with Crippen LogP contribution in [0.25, 0.3) is 11.0 Å². The minimum atomic E-state index is -0.339. The van der Waals surface area contributed by atoms with Gasteiger partial charge in [-0.2, -0.15) is 11.8 Å². The average Bonchev–Trinajstić information content (AvgIpc) is 2.22. The largest absolute Gasteiger partial charge is 0.508 e. The van der Waals surface area contributed by atoms with Crippen LogP contribution in [0.5, 0.6) is 5.75 Å². The highest BCUT2D eigenvalue weighted by Crippen LogP contribution is 2.44. The Bertz CT molecular complexity index is 641. The summed E-state index contributed by atoms with van der Waals surface area (Å²) < 4.78 is 5.21. The van der Waals surface area contributed by atoms with Gasteiger partial charge in [-0.15, -0.1) is 0 Å². The first kappa shape index (κ1) is 10.7. The Balaban J connectivity index is 2.35. The van der Waals surface area contributed by atoms with Crippen LogP contribution in [0.1, 0.15) is 22.8 Å². The molecular formula is C13H12O3S. The summed E-state index contributed by atoms with van der Waals surface area (Å²) in [6.07, 6.45) is 1.10. The molecule has 0 bridgehead atoms. The van der Waals surface area contributed by atoms with Crippen molar-refractivity contribution in [2.75, 3.05) is 5.75 Å². The number of aryl methyl sites for hydroxylation is 1. The summed E-state index contributed by atoms with van der Waals surface area (Å²) in [5, 5.41) is 11.0. The maximum Gasteiger partial charge on any atom is 0.336 e. The zero-order valence-corrected chi connectivity index (χ0v) is 10.2. The molecule has 0 aliphatic carbocycles. The van der Waals surface area contributed by atoms with Crippen molar-refractivity contribution < 1.29 is 9.52 Å². The first-order chi connectivity index (χ1) is 8.16. The Morgan fingerprint density at radius 1 is 1.47 bits per heavy atom. The van der Waals surface area contributed by atoms with Crippen molar-refractivity contribution in [2.24, 2.45) is 0 Å². The zero-order valence-electron chi connectivity index (χ0n) is 9.40. The van der Waals surface area contributed by atoms with E-state index in [1.807, 2.05) is 17.8 Å². The molecule has 1 aliphatic heterocycles. The Morgan fingerprint density at radius 3 is 2.88 bits per heavy atom. The Kier molecular flexibility index (Phi) is 2.40. The van der Waals surface area contributed by atoms with Crippen molar-refractivity contribution in [3.8, 4) is 5.75 Å². The SMILES string of the molecule is Cc1c(O)ccc2c(C3CCS3)cc(=O)oc12. The van der Waals surface area contributed by atoms with Gasteiger partial charge < -0.3 is 9.52 Å². The van der Waals surface area contributed by atoms with E-state index in [9.17, 15) is 9.90 Å². The van der Waals surface area contributed by atoms with Gasteiger partial charge in [0.15, 0.2) is 0 Å². The lowest BCUT2D eigenvalue weighted by atomic mass is 10.0. The standard InChI is InChI=1S/C13H12O3S/c1-7-10(14)3-2-8-9(11-4-5-17-11)6-12(15)16-13(7)8/h2-3,6,11,14H,4-5H2,1H3. The van der Waals surface area contributed by atoms with Crippen LogP contribution in [0.4, 0.5) is 0 Å². The lowest BCUT2D eigenvalue weighted by molar-refractivity contribution is 0.468. The number of phenolic OH excluding ortho intramolecular Hbond substituents is 1. The minimum Gasteiger partial charge on any atom is -0.508 e. The molecule has 0 radical (unpaired) electrons. The predicted molar refractivity (Wildman–Crippen MR) is 68.7 cm³/mol. The van der Waals surface area contributed by atoms with E-state index in [2.05, 4.69) is 0 Å². The van der Waals surface area contributed by atoms with E-state index in [0.29, 0.717) is 16.4 Å². The van der Waals surface area contributed by atoms with Gasteiger partial charge in [-0.1, -0.05) is 0 Å². The second-order valence-corrected chi connectivity index (χ2v) is 5.57. The molecule has 1 aromatic heterocycles. The summed E-state index contributed by atoms with van der Waals surface area (Å²) in [5.41, 5.74) is 1.84. The van der Waals surface area contributed by atoms with E-state index in [-0.39, 0.29) is 11.4 Å². The van der Waals surface area contributed by atoms with E-state index in [4.69, 9.17) is 4.42 Å². The number of benzene rings is 1. The molecule has 4 heteroatoms. The van der Waals surface area contributed by atoms with Crippen molar-refractivity contribution >= 4 is 22.7 Å². The van der Waals surface area contributed by atoms with Gasteiger partial charge in [-0.05, 0) is 36.8 Å². The van der Waals surface area contributed by atoms with Gasteiger partial charge >= 0.3 is 5.63 Å². The molecule has 2 heterocycles. The van der Waals surface area contributed by atoms with Gasteiger partial charge in [-0.25, -0.2) is 4.79 Å². The molecule has 1 aliphatic rings. The molecule has 1 fully saturated rings. The summed E-state index contributed by atoms with van der Waals surface area (Å²) in [6.45, 7) is 1.76. The fraction of sp³-hybridized carbons (Fsp3) is 0.308. The normalized spacial score (nSPS) is 19.2. The second kappa shape index (κ2) is 3.81. The highest BCUT2D eigenvalue weighted by molar-refractivity contribution is 8.00. The first-order valence-corrected chi connectivity index (χ1v) is 6.59.